The Morgan fingerprint density at radius 3 is 2.60 bits per heavy atom. The minimum absolute atomic E-state index is 0.0792. The molecular formula is C14H21BrN4O. The summed E-state index contributed by atoms with van der Waals surface area (Å²) < 4.78 is 0.759. The van der Waals surface area contributed by atoms with Crippen LogP contribution >= 0.6 is 15.9 Å². The van der Waals surface area contributed by atoms with Crippen molar-refractivity contribution in [3.05, 3.63) is 22.3 Å². The SMILES string of the molecule is CN(CC1(N(C)C)CCC1)C(=O)c1cc(Br)cnc1N. The molecule has 1 aliphatic carbocycles. The molecule has 1 saturated carbocycles. The van der Waals surface area contributed by atoms with Gasteiger partial charge in [-0.05, 0) is 55.4 Å². The number of carbonyl (C=O) groups excluding carboxylic acids is 1. The molecule has 5 nitrogen and oxygen atoms in total. The predicted octanol–water partition coefficient (Wildman–Crippen LogP) is 1.98. The zero-order valence-electron chi connectivity index (χ0n) is 12.2. The number of pyridine rings is 1. The molecule has 6 heteroatoms. The lowest BCUT2D eigenvalue weighted by Gasteiger charge is -2.49. The molecule has 0 aromatic carbocycles. The number of likely N-dealkylation sites (N-methyl/N-ethyl adjacent to an activating group) is 2. The number of nitrogens with two attached hydrogens (primary N) is 1. The van der Waals surface area contributed by atoms with Gasteiger partial charge >= 0.3 is 0 Å². The fraction of sp³-hybridized carbons (Fsp3) is 0.571. The number of halogens is 1. The van der Waals surface area contributed by atoms with E-state index >= 15 is 0 Å². The molecule has 0 atom stereocenters. The van der Waals surface area contributed by atoms with E-state index in [1.165, 1.54) is 6.42 Å². The van der Waals surface area contributed by atoms with Gasteiger partial charge in [-0.3, -0.25) is 4.79 Å². The van der Waals surface area contributed by atoms with Gasteiger partial charge < -0.3 is 15.5 Å². The highest BCUT2D eigenvalue weighted by Gasteiger charge is 2.40. The van der Waals surface area contributed by atoms with Crippen molar-refractivity contribution in [2.75, 3.05) is 33.4 Å². The van der Waals surface area contributed by atoms with Crippen molar-refractivity contribution in [3.63, 3.8) is 0 Å². The summed E-state index contributed by atoms with van der Waals surface area (Å²) in [5, 5.41) is 0. The van der Waals surface area contributed by atoms with Crippen molar-refractivity contribution < 1.29 is 4.79 Å². The average Bonchev–Trinajstić information content (AvgIpc) is 2.35. The van der Waals surface area contributed by atoms with E-state index in [9.17, 15) is 4.79 Å². The molecule has 2 rings (SSSR count). The summed E-state index contributed by atoms with van der Waals surface area (Å²) in [6, 6.07) is 1.73. The van der Waals surface area contributed by atoms with E-state index in [2.05, 4.69) is 39.9 Å². The number of amides is 1. The highest BCUT2D eigenvalue weighted by Crippen LogP contribution is 2.36. The maximum absolute atomic E-state index is 12.5. The Balaban J connectivity index is 2.14. The summed E-state index contributed by atoms with van der Waals surface area (Å²) in [6.07, 6.45) is 5.08. The van der Waals surface area contributed by atoms with Crippen LogP contribution < -0.4 is 5.73 Å². The summed E-state index contributed by atoms with van der Waals surface area (Å²) in [6.45, 7) is 0.713. The van der Waals surface area contributed by atoms with Crippen molar-refractivity contribution >= 4 is 27.7 Å². The van der Waals surface area contributed by atoms with Crippen LogP contribution in [-0.4, -0.2) is 53.9 Å². The van der Waals surface area contributed by atoms with Crippen LogP contribution in [0.15, 0.2) is 16.7 Å². The van der Waals surface area contributed by atoms with E-state index in [0.29, 0.717) is 12.1 Å². The standard InChI is InChI=1S/C14H21BrN4O/c1-18(2)14(5-4-6-14)9-19(3)13(20)11-7-10(15)8-17-12(11)16/h7-8H,4-6,9H2,1-3H3,(H2,16,17). The number of hydrogen-bond acceptors (Lipinski definition) is 4. The fourth-order valence-corrected chi connectivity index (χ4v) is 3.00. The van der Waals surface area contributed by atoms with Crippen LogP contribution in [0.5, 0.6) is 0 Å². The second-order valence-electron chi connectivity index (χ2n) is 5.72. The molecule has 1 aliphatic rings. The van der Waals surface area contributed by atoms with Gasteiger partial charge in [0.2, 0.25) is 0 Å². The van der Waals surface area contributed by atoms with E-state index in [1.54, 1.807) is 17.2 Å². The first-order chi connectivity index (χ1) is 9.35. The van der Waals surface area contributed by atoms with Gasteiger partial charge in [0.15, 0.2) is 0 Å². The quantitative estimate of drug-likeness (QED) is 0.910. The minimum Gasteiger partial charge on any atom is -0.383 e. The van der Waals surface area contributed by atoms with Gasteiger partial charge in [-0.1, -0.05) is 0 Å². The van der Waals surface area contributed by atoms with Gasteiger partial charge in [-0.15, -0.1) is 0 Å². The van der Waals surface area contributed by atoms with E-state index in [-0.39, 0.29) is 17.3 Å². The number of rotatable bonds is 4. The second kappa shape index (κ2) is 5.69. The third-order valence-electron chi connectivity index (χ3n) is 4.23. The van der Waals surface area contributed by atoms with Crippen molar-refractivity contribution in [1.29, 1.82) is 0 Å². The molecule has 0 radical (unpaired) electrons. The molecule has 2 N–H and O–H groups in total. The van der Waals surface area contributed by atoms with Crippen LogP contribution in [-0.2, 0) is 0 Å². The molecule has 1 fully saturated rings. The highest BCUT2D eigenvalue weighted by molar-refractivity contribution is 9.10. The summed E-state index contributed by atoms with van der Waals surface area (Å²) >= 11 is 3.33. The lowest BCUT2D eigenvalue weighted by atomic mass is 9.75. The summed E-state index contributed by atoms with van der Waals surface area (Å²) in [4.78, 5) is 20.5. The fourth-order valence-electron chi connectivity index (χ4n) is 2.67. The Kier molecular flexibility index (Phi) is 4.34. The van der Waals surface area contributed by atoms with Crippen LogP contribution in [0.3, 0.4) is 0 Å². The molecule has 110 valence electrons. The Labute approximate surface area is 128 Å². The zero-order chi connectivity index (χ0) is 14.9. The summed E-state index contributed by atoms with van der Waals surface area (Å²) in [5.74, 6) is 0.196. The van der Waals surface area contributed by atoms with Gasteiger partial charge in [0.05, 0.1) is 5.56 Å². The molecule has 1 aromatic rings. The molecule has 1 amide bonds. The maximum atomic E-state index is 12.5. The predicted molar refractivity (Wildman–Crippen MR) is 83.6 cm³/mol. The van der Waals surface area contributed by atoms with Gasteiger partial charge in [0, 0.05) is 29.8 Å². The monoisotopic (exact) mass is 340 g/mol. The summed E-state index contributed by atoms with van der Waals surface area (Å²) in [5.41, 5.74) is 6.37. The Hall–Kier alpha value is -1.14. The van der Waals surface area contributed by atoms with Crippen LogP contribution in [0.25, 0.3) is 0 Å². The minimum atomic E-state index is -0.0792. The molecule has 1 heterocycles. The van der Waals surface area contributed by atoms with Crippen LogP contribution in [0.2, 0.25) is 0 Å². The lowest BCUT2D eigenvalue weighted by Crippen LogP contribution is -2.57. The first-order valence-electron chi connectivity index (χ1n) is 6.70. The normalized spacial score (nSPS) is 16.9. The second-order valence-corrected chi connectivity index (χ2v) is 6.64. The van der Waals surface area contributed by atoms with Gasteiger partial charge in [-0.2, -0.15) is 0 Å². The summed E-state index contributed by atoms with van der Waals surface area (Å²) in [7, 11) is 5.98. The highest BCUT2D eigenvalue weighted by atomic mass is 79.9. The first kappa shape index (κ1) is 15.3. The molecule has 0 unspecified atom stereocenters. The number of carbonyl (C=O) groups is 1. The number of hydrogen-bond donors (Lipinski definition) is 1. The number of anilines is 1. The largest absolute Gasteiger partial charge is 0.383 e. The Bertz CT molecular complexity index is 514. The molecular weight excluding hydrogens is 320 g/mol. The molecule has 0 bridgehead atoms. The van der Waals surface area contributed by atoms with Crippen LogP contribution in [0.1, 0.15) is 29.6 Å². The van der Waals surface area contributed by atoms with Crippen LogP contribution in [0.4, 0.5) is 5.82 Å². The topological polar surface area (TPSA) is 62.5 Å². The molecule has 0 saturated heterocycles. The van der Waals surface area contributed by atoms with E-state index in [4.69, 9.17) is 5.73 Å². The zero-order valence-corrected chi connectivity index (χ0v) is 13.8. The van der Waals surface area contributed by atoms with E-state index < -0.39 is 0 Å². The third kappa shape index (κ3) is 2.81. The van der Waals surface area contributed by atoms with E-state index in [0.717, 1.165) is 17.3 Å². The van der Waals surface area contributed by atoms with Gasteiger partial charge in [0.25, 0.3) is 5.91 Å². The van der Waals surface area contributed by atoms with Crippen LogP contribution in [0, 0.1) is 0 Å². The number of nitrogen functional groups attached to an aromatic ring is 1. The molecule has 1 aromatic heterocycles. The smallest absolute Gasteiger partial charge is 0.257 e. The van der Waals surface area contributed by atoms with Crippen molar-refractivity contribution in [3.8, 4) is 0 Å². The van der Waals surface area contributed by atoms with Gasteiger partial charge in [-0.25, -0.2) is 4.98 Å². The average molecular weight is 341 g/mol. The van der Waals surface area contributed by atoms with Crippen molar-refractivity contribution in [2.45, 2.75) is 24.8 Å². The lowest BCUT2D eigenvalue weighted by molar-refractivity contribution is 0.0253. The number of aromatic nitrogens is 1. The van der Waals surface area contributed by atoms with Crippen molar-refractivity contribution in [1.82, 2.24) is 14.8 Å². The van der Waals surface area contributed by atoms with Gasteiger partial charge in [0.1, 0.15) is 5.82 Å². The Morgan fingerprint density at radius 2 is 2.10 bits per heavy atom. The third-order valence-corrected chi connectivity index (χ3v) is 4.66. The Morgan fingerprint density at radius 1 is 1.45 bits per heavy atom. The molecule has 0 aliphatic heterocycles. The molecule has 20 heavy (non-hydrogen) atoms. The molecule has 0 spiro atoms. The van der Waals surface area contributed by atoms with Crippen molar-refractivity contribution in [2.24, 2.45) is 0 Å². The number of nitrogens with zero attached hydrogens (tertiary/aromatic N) is 3. The first-order valence-corrected chi connectivity index (χ1v) is 7.49. The van der Waals surface area contributed by atoms with E-state index in [1.807, 2.05) is 7.05 Å². The maximum Gasteiger partial charge on any atom is 0.257 e.